The summed E-state index contributed by atoms with van der Waals surface area (Å²) < 4.78 is 11.6. The van der Waals surface area contributed by atoms with E-state index in [1.807, 2.05) is 18.2 Å². The molecule has 0 aliphatic carbocycles. The Bertz CT molecular complexity index is 412. The molecule has 4 heteroatoms. The van der Waals surface area contributed by atoms with Gasteiger partial charge in [-0.15, -0.1) is 0 Å². The Morgan fingerprint density at radius 1 is 1.50 bits per heavy atom. The lowest BCUT2D eigenvalue weighted by molar-refractivity contribution is 0.415. The zero-order valence-electron chi connectivity index (χ0n) is 6.37. The number of ether oxygens (including phenoxy) is 1. The third-order valence-corrected chi connectivity index (χ3v) is 3.61. The number of halogens is 1. The lowest BCUT2D eigenvalue weighted by Gasteiger charge is -1.97. The Morgan fingerprint density at radius 3 is 3.08 bits per heavy atom. The van der Waals surface area contributed by atoms with E-state index in [0.29, 0.717) is 0 Å². The second kappa shape index (κ2) is 3.18. The second-order valence-corrected chi connectivity index (χ2v) is 4.16. The largest absolute Gasteiger partial charge is 0.497 e. The normalized spacial score (nSPS) is 10.5. The highest BCUT2D eigenvalue weighted by Crippen LogP contribution is 2.27. The van der Waals surface area contributed by atoms with Crippen molar-refractivity contribution in [2.75, 3.05) is 7.11 Å². The average molecular weight is 291 g/mol. The Hall–Kier alpha value is -0.360. The Morgan fingerprint density at radius 2 is 2.33 bits per heavy atom. The molecule has 1 heterocycles. The third-order valence-electron chi connectivity index (χ3n) is 1.63. The van der Waals surface area contributed by atoms with Gasteiger partial charge in [0.1, 0.15) is 9.45 Å². The molecule has 0 N–H and O–H groups in total. The van der Waals surface area contributed by atoms with Crippen molar-refractivity contribution in [1.29, 1.82) is 0 Å². The summed E-state index contributed by atoms with van der Waals surface area (Å²) in [5, 5.41) is 1.18. The number of nitrogens with zero attached hydrogens (tertiary/aromatic N) is 1. The highest BCUT2D eigenvalue weighted by molar-refractivity contribution is 14.1. The van der Waals surface area contributed by atoms with Crippen LogP contribution >= 0.6 is 34.1 Å². The molecule has 12 heavy (non-hydrogen) atoms. The molecule has 0 saturated carbocycles. The molecule has 0 amide bonds. The fourth-order valence-electron chi connectivity index (χ4n) is 1.02. The maximum absolute atomic E-state index is 5.12. The smallest absolute Gasteiger partial charge is 0.123 e. The standard InChI is InChI=1S/C8H6INOS/c1-11-5-2-3-7-6(4-5)8(9)10-12-7/h2-4H,1H3. The molecule has 0 bridgehead atoms. The molecule has 0 spiro atoms. The van der Waals surface area contributed by atoms with Crippen LogP contribution in [0.4, 0.5) is 0 Å². The fourth-order valence-corrected chi connectivity index (χ4v) is 2.60. The van der Waals surface area contributed by atoms with Crippen LogP contribution < -0.4 is 4.74 Å². The van der Waals surface area contributed by atoms with Crippen LogP contribution in [0.15, 0.2) is 18.2 Å². The number of benzene rings is 1. The highest BCUT2D eigenvalue weighted by atomic mass is 127. The van der Waals surface area contributed by atoms with Gasteiger partial charge in [0.25, 0.3) is 0 Å². The zero-order valence-corrected chi connectivity index (χ0v) is 9.35. The Labute approximate surface area is 87.9 Å². The number of rotatable bonds is 1. The minimum atomic E-state index is 0.889. The number of hydrogen-bond donors (Lipinski definition) is 0. The van der Waals surface area contributed by atoms with Crippen molar-refractivity contribution < 1.29 is 4.74 Å². The van der Waals surface area contributed by atoms with Gasteiger partial charge in [-0.3, -0.25) is 0 Å². The van der Waals surface area contributed by atoms with Crippen molar-refractivity contribution in [3.05, 3.63) is 21.9 Å². The first-order chi connectivity index (χ1) is 5.81. The van der Waals surface area contributed by atoms with E-state index in [-0.39, 0.29) is 0 Å². The van der Waals surface area contributed by atoms with Gasteiger partial charge in [0, 0.05) is 5.39 Å². The van der Waals surface area contributed by atoms with E-state index in [1.165, 1.54) is 21.6 Å². The van der Waals surface area contributed by atoms with Crippen LogP contribution in [0.5, 0.6) is 5.75 Å². The second-order valence-electron chi connectivity index (χ2n) is 2.34. The van der Waals surface area contributed by atoms with Crippen molar-refractivity contribution in [1.82, 2.24) is 4.37 Å². The highest BCUT2D eigenvalue weighted by Gasteiger charge is 2.03. The number of methoxy groups -OCH3 is 1. The topological polar surface area (TPSA) is 22.1 Å². The molecule has 2 aromatic rings. The molecule has 0 aliphatic heterocycles. The van der Waals surface area contributed by atoms with Gasteiger partial charge in [0.05, 0.1) is 11.8 Å². The third kappa shape index (κ3) is 1.29. The zero-order chi connectivity index (χ0) is 8.55. The molecule has 62 valence electrons. The summed E-state index contributed by atoms with van der Waals surface area (Å²) >= 11 is 3.75. The lowest BCUT2D eigenvalue weighted by atomic mass is 10.3. The lowest BCUT2D eigenvalue weighted by Crippen LogP contribution is -1.80. The van der Waals surface area contributed by atoms with Gasteiger partial charge in [-0.2, -0.15) is 4.37 Å². The molecule has 0 aliphatic rings. The molecule has 1 aromatic carbocycles. The first-order valence-corrected chi connectivity index (χ1v) is 5.25. The molecule has 2 rings (SSSR count). The van der Waals surface area contributed by atoms with E-state index in [4.69, 9.17) is 4.74 Å². The fraction of sp³-hybridized carbons (Fsp3) is 0.125. The molecular formula is C8H6INOS. The molecular weight excluding hydrogens is 285 g/mol. The van der Waals surface area contributed by atoms with Crippen LogP contribution in [0.1, 0.15) is 0 Å². The Kier molecular flexibility index (Phi) is 2.18. The molecule has 2 nitrogen and oxygen atoms in total. The van der Waals surface area contributed by atoms with Crippen LogP contribution in [0.2, 0.25) is 0 Å². The van der Waals surface area contributed by atoms with Crippen molar-refractivity contribution >= 4 is 44.2 Å². The first-order valence-electron chi connectivity index (χ1n) is 3.40. The van der Waals surface area contributed by atoms with Crippen molar-refractivity contribution in [2.24, 2.45) is 0 Å². The predicted octanol–water partition coefficient (Wildman–Crippen LogP) is 2.91. The summed E-state index contributed by atoms with van der Waals surface area (Å²) in [7, 11) is 1.67. The number of hydrogen-bond acceptors (Lipinski definition) is 3. The van der Waals surface area contributed by atoms with Gasteiger partial charge in [0.2, 0.25) is 0 Å². The minimum absolute atomic E-state index is 0.889. The van der Waals surface area contributed by atoms with Crippen molar-refractivity contribution in [2.45, 2.75) is 0 Å². The van der Waals surface area contributed by atoms with Crippen molar-refractivity contribution in [3.63, 3.8) is 0 Å². The van der Waals surface area contributed by atoms with Gasteiger partial charge < -0.3 is 4.74 Å². The molecule has 0 atom stereocenters. The maximum Gasteiger partial charge on any atom is 0.123 e. The van der Waals surface area contributed by atoms with Gasteiger partial charge in [-0.25, -0.2) is 0 Å². The van der Waals surface area contributed by atoms with Gasteiger partial charge in [0.15, 0.2) is 0 Å². The van der Waals surface area contributed by atoms with E-state index < -0.39 is 0 Å². The van der Waals surface area contributed by atoms with E-state index in [1.54, 1.807) is 7.11 Å². The van der Waals surface area contributed by atoms with Gasteiger partial charge in [-0.1, -0.05) is 0 Å². The summed E-state index contributed by atoms with van der Waals surface area (Å²) in [5.41, 5.74) is 0. The van der Waals surface area contributed by atoms with Crippen LogP contribution in [0.3, 0.4) is 0 Å². The van der Waals surface area contributed by atoms with Crippen LogP contribution in [0, 0.1) is 3.70 Å². The molecule has 0 saturated heterocycles. The van der Waals surface area contributed by atoms with E-state index in [9.17, 15) is 0 Å². The SMILES string of the molecule is COc1ccc2snc(I)c2c1. The molecule has 1 aromatic heterocycles. The van der Waals surface area contributed by atoms with E-state index in [2.05, 4.69) is 27.0 Å². The number of fused-ring (bicyclic) bond motifs is 1. The molecule has 0 unspecified atom stereocenters. The summed E-state index contributed by atoms with van der Waals surface area (Å²) in [6, 6.07) is 6.01. The molecule has 0 radical (unpaired) electrons. The monoisotopic (exact) mass is 291 g/mol. The van der Waals surface area contributed by atoms with Crippen molar-refractivity contribution in [3.8, 4) is 5.75 Å². The summed E-state index contributed by atoms with van der Waals surface area (Å²) in [6.45, 7) is 0. The van der Waals surface area contributed by atoms with E-state index in [0.717, 1.165) is 9.45 Å². The average Bonchev–Trinajstić information content (AvgIpc) is 2.47. The predicted molar refractivity (Wildman–Crippen MR) is 58.9 cm³/mol. The summed E-state index contributed by atoms with van der Waals surface area (Å²) in [6.07, 6.45) is 0. The maximum atomic E-state index is 5.12. The summed E-state index contributed by atoms with van der Waals surface area (Å²) in [5.74, 6) is 0.889. The van der Waals surface area contributed by atoms with Crippen LogP contribution in [-0.4, -0.2) is 11.5 Å². The summed E-state index contributed by atoms with van der Waals surface area (Å²) in [4.78, 5) is 0. The number of aromatic nitrogens is 1. The van der Waals surface area contributed by atoms with Crippen LogP contribution in [-0.2, 0) is 0 Å². The van der Waals surface area contributed by atoms with Gasteiger partial charge in [-0.05, 0) is 52.3 Å². The quantitative estimate of drug-likeness (QED) is 0.754. The minimum Gasteiger partial charge on any atom is -0.497 e. The molecule has 0 fully saturated rings. The van der Waals surface area contributed by atoms with E-state index >= 15 is 0 Å². The van der Waals surface area contributed by atoms with Crippen LogP contribution in [0.25, 0.3) is 10.1 Å². The van der Waals surface area contributed by atoms with Gasteiger partial charge >= 0.3 is 0 Å². The Balaban J connectivity index is 2.71. The first kappa shape index (κ1) is 8.25.